The van der Waals surface area contributed by atoms with Gasteiger partial charge in [-0.15, -0.1) is 0 Å². The molecule has 17 heavy (non-hydrogen) atoms. The molecule has 0 saturated heterocycles. The largest absolute Gasteiger partial charge is 0.472 e. The standard InChI is InChI=1S/C13H24N2OS/c1-4-13(11-17-3)15(2)7-6-14-9-12-5-8-16-10-12/h5,8,10,13-14H,4,6-7,9,11H2,1-3H3. The zero-order valence-electron chi connectivity index (χ0n) is 11.1. The highest BCUT2D eigenvalue weighted by Crippen LogP contribution is 2.07. The molecule has 0 fully saturated rings. The van der Waals surface area contributed by atoms with Crippen LogP contribution in [0.25, 0.3) is 0 Å². The second-order valence-electron chi connectivity index (χ2n) is 4.31. The van der Waals surface area contributed by atoms with Crippen LogP contribution in [0.5, 0.6) is 0 Å². The van der Waals surface area contributed by atoms with Crippen LogP contribution in [0.2, 0.25) is 0 Å². The van der Waals surface area contributed by atoms with Crippen LogP contribution in [0.1, 0.15) is 18.9 Å². The van der Waals surface area contributed by atoms with Crippen molar-refractivity contribution in [1.82, 2.24) is 10.2 Å². The first-order valence-corrected chi connectivity index (χ1v) is 7.58. The minimum atomic E-state index is 0.695. The molecule has 0 aromatic carbocycles. The average molecular weight is 256 g/mol. The lowest BCUT2D eigenvalue weighted by Crippen LogP contribution is -2.38. The fraction of sp³-hybridized carbons (Fsp3) is 0.692. The van der Waals surface area contributed by atoms with Gasteiger partial charge in [-0.3, -0.25) is 0 Å². The van der Waals surface area contributed by atoms with Crippen molar-refractivity contribution in [2.24, 2.45) is 0 Å². The molecule has 0 amide bonds. The van der Waals surface area contributed by atoms with Crippen molar-refractivity contribution in [2.75, 3.05) is 32.1 Å². The zero-order chi connectivity index (χ0) is 12.5. The molecule has 1 atom stereocenters. The highest BCUT2D eigenvalue weighted by molar-refractivity contribution is 7.98. The quantitative estimate of drug-likeness (QED) is 0.687. The Morgan fingerprint density at radius 3 is 2.94 bits per heavy atom. The molecule has 3 nitrogen and oxygen atoms in total. The molecule has 0 aliphatic carbocycles. The second-order valence-corrected chi connectivity index (χ2v) is 5.22. The van der Waals surface area contributed by atoms with Crippen LogP contribution in [0, 0.1) is 0 Å². The topological polar surface area (TPSA) is 28.4 Å². The summed E-state index contributed by atoms with van der Waals surface area (Å²) >= 11 is 1.93. The normalized spacial score (nSPS) is 13.2. The molecular formula is C13H24N2OS. The van der Waals surface area contributed by atoms with Crippen LogP contribution in [-0.2, 0) is 6.54 Å². The first-order chi connectivity index (χ1) is 8.27. The van der Waals surface area contributed by atoms with Gasteiger partial charge in [0.05, 0.1) is 12.5 Å². The Kier molecular flexibility index (Phi) is 7.40. The van der Waals surface area contributed by atoms with Crippen molar-refractivity contribution in [1.29, 1.82) is 0 Å². The van der Waals surface area contributed by atoms with Gasteiger partial charge < -0.3 is 14.6 Å². The third-order valence-electron chi connectivity index (χ3n) is 3.00. The van der Waals surface area contributed by atoms with Crippen LogP contribution in [0.4, 0.5) is 0 Å². The van der Waals surface area contributed by atoms with E-state index in [-0.39, 0.29) is 0 Å². The molecule has 0 aliphatic rings. The number of thioether (sulfide) groups is 1. The minimum absolute atomic E-state index is 0.695. The summed E-state index contributed by atoms with van der Waals surface area (Å²) in [6.45, 7) is 5.27. The Hall–Kier alpha value is -0.450. The SMILES string of the molecule is CCC(CSC)N(C)CCNCc1ccoc1. The lowest BCUT2D eigenvalue weighted by atomic mass is 10.2. The van der Waals surface area contributed by atoms with E-state index in [1.165, 1.54) is 17.7 Å². The van der Waals surface area contributed by atoms with E-state index in [1.54, 1.807) is 12.5 Å². The predicted molar refractivity (Wildman–Crippen MR) is 75.5 cm³/mol. The van der Waals surface area contributed by atoms with Gasteiger partial charge in [-0.05, 0) is 25.8 Å². The number of furan rings is 1. The van der Waals surface area contributed by atoms with Crippen molar-refractivity contribution in [3.63, 3.8) is 0 Å². The Labute approximate surface area is 109 Å². The van der Waals surface area contributed by atoms with E-state index in [2.05, 4.69) is 30.4 Å². The summed E-state index contributed by atoms with van der Waals surface area (Å²) in [5, 5.41) is 3.43. The lowest BCUT2D eigenvalue weighted by Gasteiger charge is -2.26. The highest BCUT2D eigenvalue weighted by Gasteiger charge is 2.10. The second kappa shape index (κ2) is 8.61. The molecule has 1 unspecified atom stereocenters. The Bertz CT molecular complexity index is 277. The molecule has 98 valence electrons. The third kappa shape index (κ3) is 5.61. The molecule has 1 aromatic rings. The number of nitrogens with zero attached hydrogens (tertiary/aromatic N) is 1. The van der Waals surface area contributed by atoms with Gasteiger partial charge in [-0.1, -0.05) is 6.92 Å². The summed E-state index contributed by atoms with van der Waals surface area (Å²) in [7, 11) is 2.21. The number of nitrogens with one attached hydrogen (secondary N) is 1. The van der Waals surface area contributed by atoms with Crippen molar-refractivity contribution in [2.45, 2.75) is 25.9 Å². The van der Waals surface area contributed by atoms with E-state index in [9.17, 15) is 0 Å². The van der Waals surface area contributed by atoms with Crippen LogP contribution >= 0.6 is 11.8 Å². The van der Waals surface area contributed by atoms with Crippen LogP contribution in [0.3, 0.4) is 0 Å². The molecule has 1 N–H and O–H groups in total. The fourth-order valence-electron chi connectivity index (χ4n) is 1.81. The maximum Gasteiger partial charge on any atom is 0.0947 e. The van der Waals surface area contributed by atoms with Gasteiger partial charge in [-0.25, -0.2) is 0 Å². The summed E-state index contributed by atoms with van der Waals surface area (Å²) < 4.78 is 5.03. The maximum absolute atomic E-state index is 5.03. The molecule has 0 spiro atoms. The smallest absolute Gasteiger partial charge is 0.0947 e. The zero-order valence-corrected chi connectivity index (χ0v) is 11.9. The molecular weight excluding hydrogens is 232 g/mol. The number of likely N-dealkylation sites (N-methyl/N-ethyl adjacent to an activating group) is 1. The van der Waals surface area contributed by atoms with Gasteiger partial charge in [0.25, 0.3) is 0 Å². The van der Waals surface area contributed by atoms with Gasteiger partial charge >= 0.3 is 0 Å². The van der Waals surface area contributed by atoms with Crippen molar-refractivity contribution >= 4 is 11.8 Å². The van der Waals surface area contributed by atoms with Crippen LogP contribution < -0.4 is 5.32 Å². The Morgan fingerprint density at radius 2 is 2.35 bits per heavy atom. The van der Waals surface area contributed by atoms with E-state index >= 15 is 0 Å². The van der Waals surface area contributed by atoms with E-state index in [0.29, 0.717) is 6.04 Å². The molecule has 0 saturated carbocycles. The first-order valence-electron chi connectivity index (χ1n) is 6.18. The lowest BCUT2D eigenvalue weighted by molar-refractivity contribution is 0.255. The number of rotatable bonds is 9. The summed E-state index contributed by atoms with van der Waals surface area (Å²) in [5.41, 5.74) is 1.21. The van der Waals surface area contributed by atoms with E-state index < -0.39 is 0 Å². The highest BCUT2D eigenvalue weighted by atomic mass is 32.2. The van der Waals surface area contributed by atoms with Gasteiger partial charge in [-0.2, -0.15) is 11.8 Å². The van der Waals surface area contributed by atoms with Crippen molar-refractivity contribution in [3.05, 3.63) is 24.2 Å². The number of hydrogen-bond acceptors (Lipinski definition) is 4. The van der Waals surface area contributed by atoms with E-state index in [1.807, 2.05) is 17.8 Å². The van der Waals surface area contributed by atoms with Gasteiger partial charge in [0.2, 0.25) is 0 Å². The summed E-state index contributed by atoms with van der Waals surface area (Å²) in [4.78, 5) is 2.44. The van der Waals surface area contributed by atoms with Gasteiger partial charge in [0.1, 0.15) is 0 Å². The molecule has 4 heteroatoms. The predicted octanol–water partition coefficient (Wildman–Crippen LogP) is 2.44. The van der Waals surface area contributed by atoms with Gasteiger partial charge in [0, 0.05) is 37.0 Å². The van der Waals surface area contributed by atoms with Gasteiger partial charge in [0.15, 0.2) is 0 Å². The summed E-state index contributed by atoms with van der Waals surface area (Å²) in [5.74, 6) is 1.22. The van der Waals surface area contributed by atoms with E-state index in [4.69, 9.17) is 4.42 Å². The summed E-state index contributed by atoms with van der Waals surface area (Å²) in [6.07, 6.45) is 6.90. The molecule has 0 aliphatic heterocycles. The minimum Gasteiger partial charge on any atom is -0.472 e. The number of hydrogen-bond donors (Lipinski definition) is 1. The van der Waals surface area contributed by atoms with Crippen LogP contribution in [0.15, 0.2) is 23.0 Å². The third-order valence-corrected chi connectivity index (χ3v) is 3.72. The van der Waals surface area contributed by atoms with Crippen molar-refractivity contribution < 1.29 is 4.42 Å². The monoisotopic (exact) mass is 256 g/mol. The molecule has 0 bridgehead atoms. The van der Waals surface area contributed by atoms with Crippen molar-refractivity contribution in [3.8, 4) is 0 Å². The molecule has 1 aromatic heterocycles. The summed E-state index contributed by atoms with van der Waals surface area (Å²) in [6, 6.07) is 2.69. The van der Waals surface area contributed by atoms with E-state index in [0.717, 1.165) is 19.6 Å². The maximum atomic E-state index is 5.03. The average Bonchev–Trinajstić information content (AvgIpc) is 2.84. The Balaban J connectivity index is 2.12. The molecule has 1 rings (SSSR count). The molecule has 1 heterocycles. The van der Waals surface area contributed by atoms with Crippen LogP contribution in [-0.4, -0.2) is 43.1 Å². The first kappa shape index (κ1) is 14.6. The Morgan fingerprint density at radius 1 is 1.53 bits per heavy atom. The molecule has 0 radical (unpaired) electrons. The fourth-order valence-corrected chi connectivity index (χ4v) is 2.69.